The molecule has 0 radical (unpaired) electrons. The van der Waals surface area contributed by atoms with Crippen molar-refractivity contribution in [1.29, 1.82) is 0 Å². The van der Waals surface area contributed by atoms with E-state index < -0.39 is 29.1 Å². The average Bonchev–Trinajstić information content (AvgIpc) is 2.77. The van der Waals surface area contributed by atoms with Gasteiger partial charge in [0, 0.05) is 32.7 Å². The zero-order valence-electron chi connectivity index (χ0n) is 19.5. The second kappa shape index (κ2) is 13.5. The SMILES string of the molecule is CCCCCCN(CCN1CCOCC1)C(=O)[C@@H](NC(=O)c1c(F)cccc1F)C(C)C. The fraction of sp³-hybridized carbons (Fsp3) is 0.667. The third-order valence-electron chi connectivity index (χ3n) is 5.79. The fourth-order valence-corrected chi connectivity index (χ4v) is 3.79. The number of morpholine rings is 1. The maximum absolute atomic E-state index is 14.1. The molecule has 2 rings (SSSR count). The number of amides is 2. The Kier molecular flexibility index (Phi) is 11.0. The standard InChI is InChI=1S/C24H37F2N3O3/c1-4-5-6-7-11-29(13-12-28-14-16-32-17-15-28)24(31)22(18(2)3)27-23(30)21-19(25)9-8-10-20(21)26/h8-10,18,22H,4-7,11-17H2,1-3H3,(H,27,30)/t22-/m0/s1. The molecule has 1 heterocycles. The van der Waals surface area contributed by atoms with E-state index in [0.29, 0.717) is 26.3 Å². The van der Waals surface area contributed by atoms with Crippen LogP contribution >= 0.6 is 0 Å². The van der Waals surface area contributed by atoms with Crippen molar-refractivity contribution in [3.63, 3.8) is 0 Å². The first-order valence-corrected chi connectivity index (χ1v) is 11.7. The molecule has 0 unspecified atom stereocenters. The molecule has 1 fully saturated rings. The van der Waals surface area contributed by atoms with Gasteiger partial charge in [0.25, 0.3) is 5.91 Å². The molecule has 2 amide bonds. The number of unbranched alkanes of at least 4 members (excludes halogenated alkanes) is 3. The molecule has 0 aromatic heterocycles. The number of ether oxygens (including phenoxy) is 1. The van der Waals surface area contributed by atoms with Gasteiger partial charge in [-0.1, -0.05) is 46.1 Å². The van der Waals surface area contributed by atoms with Crippen molar-refractivity contribution in [2.75, 3.05) is 45.9 Å². The summed E-state index contributed by atoms with van der Waals surface area (Å²) in [5.41, 5.74) is -0.659. The number of nitrogens with zero attached hydrogens (tertiary/aromatic N) is 2. The number of benzene rings is 1. The molecule has 1 aromatic carbocycles. The Morgan fingerprint density at radius 1 is 1.09 bits per heavy atom. The molecule has 180 valence electrons. The van der Waals surface area contributed by atoms with Crippen LogP contribution in [-0.2, 0) is 9.53 Å². The normalized spacial score (nSPS) is 15.6. The van der Waals surface area contributed by atoms with Crippen molar-refractivity contribution in [1.82, 2.24) is 15.1 Å². The molecule has 1 N–H and O–H groups in total. The van der Waals surface area contributed by atoms with Crippen molar-refractivity contribution >= 4 is 11.8 Å². The summed E-state index contributed by atoms with van der Waals surface area (Å²) in [7, 11) is 0. The number of carbonyl (C=O) groups is 2. The van der Waals surface area contributed by atoms with Crippen molar-refractivity contribution < 1.29 is 23.1 Å². The average molecular weight is 454 g/mol. The van der Waals surface area contributed by atoms with E-state index >= 15 is 0 Å². The summed E-state index contributed by atoms with van der Waals surface area (Å²) in [6, 6.07) is 2.41. The van der Waals surface area contributed by atoms with Crippen molar-refractivity contribution in [3.05, 3.63) is 35.4 Å². The maximum Gasteiger partial charge on any atom is 0.257 e. The van der Waals surface area contributed by atoms with Gasteiger partial charge in [0.15, 0.2) is 0 Å². The highest BCUT2D eigenvalue weighted by atomic mass is 19.1. The van der Waals surface area contributed by atoms with Crippen LogP contribution in [0.15, 0.2) is 18.2 Å². The second-order valence-corrected chi connectivity index (χ2v) is 8.63. The third kappa shape index (κ3) is 7.81. The molecule has 0 bridgehead atoms. The van der Waals surface area contributed by atoms with Gasteiger partial charge in [-0.15, -0.1) is 0 Å². The zero-order valence-corrected chi connectivity index (χ0v) is 19.5. The van der Waals surface area contributed by atoms with Crippen LogP contribution in [0, 0.1) is 17.6 Å². The van der Waals surface area contributed by atoms with Crippen LogP contribution in [-0.4, -0.2) is 73.6 Å². The van der Waals surface area contributed by atoms with Gasteiger partial charge in [-0.05, 0) is 24.5 Å². The van der Waals surface area contributed by atoms with Gasteiger partial charge in [-0.25, -0.2) is 8.78 Å². The molecule has 6 nitrogen and oxygen atoms in total. The first kappa shape index (κ1) is 26.2. The highest BCUT2D eigenvalue weighted by Gasteiger charge is 2.30. The third-order valence-corrected chi connectivity index (χ3v) is 5.79. The quantitative estimate of drug-likeness (QED) is 0.493. The molecule has 0 spiro atoms. The first-order chi connectivity index (χ1) is 15.3. The number of hydrogen-bond acceptors (Lipinski definition) is 4. The minimum atomic E-state index is -0.943. The van der Waals surface area contributed by atoms with E-state index in [1.165, 1.54) is 6.07 Å². The van der Waals surface area contributed by atoms with E-state index in [2.05, 4.69) is 17.1 Å². The largest absolute Gasteiger partial charge is 0.379 e. The summed E-state index contributed by atoms with van der Waals surface area (Å²) in [6.07, 6.45) is 4.10. The number of halogens is 2. The molecule has 1 atom stereocenters. The van der Waals surface area contributed by atoms with E-state index in [1.54, 1.807) is 4.90 Å². The van der Waals surface area contributed by atoms with E-state index in [0.717, 1.165) is 57.5 Å². The molecule has 8 heteroatoms. The lowest BCUT2D eigenvalue weighted by Crippen LogP contribution is -2.53. The Balaban J connectivity index is 2.10. The fourth-order valence-electron chi connectivity index (χ4n) is 3.79. The summed E-state index contributed by atoms with van der Waals surface area (Å²) in [6.45, 7) is 10.7. The number of nitrogens with one attached hydrogen (secondary N) is 1. The Labute approximate surface area is 190 Å². The Hall–Kier alpha value is -2.06. The highest BCUT2D eigenvalue weighted by molar-refractivity contribution is 5.98. The lowest BCUT2D eigenvalue weighted by molar-refractivity contribution is -0.134. The van der Waals surface area contributed by atoms with Gasteiger partial charge in [0.2, 0.25) is 5.91 Å². The molecule has 1 saturated heterocycles. The van der Waals surface area contributed by atoms with Gasteiger partial charge >= 0.3 is 0 Å². The smallest absolute Gasteiger partial charge is 0.257 e. The lowest BCUT2D eigenvalue weighted by atomic mass is 10.0. The zero-order chi connectivity index (χ0) is 23.5. The van der Waals surface area contributed by atoms with Gasteiger partial charge < -0.3 is 15.0 Å². The van der Waals surface area contributed by atoms with Gasteiger partial charge in [-0.2, -0.15) is 0 Å². The molecule has 1 aromatic rings. The van der Waals surface area contributed by atoms with Crippen molar-refractivity contribution in [2.24, 2.45) is 5.92 Å². The second-order valence-electron chi connectivity index (χ2n) is 8.63. The Morgan fingerprint density at radius 3 is 2.34 bits per heavy atom. The van der Waals surface area contributed by atoms with Crippen LogP contribution < -0.4 is 5.32 Å². The van der Waals surface area contributed by atoms with Crippen molar-refractivity contribution in [3.8, 4) is 0 Å². The summed E-state index contributed by atoms with van der Waals surface area (Å²) >= 11 is 0. The van der Waals surface area contributed by atoms with E-state index in [-0.39, 0.29) is 11.8 Å². The minimum Gasteiger partial charge on any atom is -0.379 e. The molecular weight excluding hydrogens is 416 g/mol. The van der Waals surface area contributed by atoms with Crippen LogP contribution in [0.4, 0.5) is 8.78 Å². The monoisotopic (exact) mass is 453 g/mol. The highest BCUT2D eigenvalue weighted by Crippen LogP contribution is 2.15. The molecule has 0 saturated carbocycles. The Morgan fingerprint density at radius 2 is 1.75 bits per heavy atom. The first-order valence-electron chi connectivity index (χ1n) is 11.7. The van der Waals surface area contributed by atoms with Gasteiger partial charge in [0.05, 0.1) is 13.2 Å². The number of rotatable bonds is 12. The predicted molar refractivity (Wildman–Crippen MR) is 120 cm³/mol. The van der Waals surface area contributed by atoms with Crippen LogP contribution in [0.3, 0.4) is 0 Å². The molecular formula is C24H37F2N3O3. The molecule has 1 aliphatic heterocycles. The number of carbonyl (C=O) groups excluding carboxylic acids is 2. The predicted octanol–water partition coefficient (Wildman–Crippen LogP) is 3.46. The summed E-state index contributed by atoms with van der Waals surface area (Å²) in [5, 5.41) is 2.59. The van der Waals surface area contributed by atoms with E-state index in [1.807, 2.05) is 13.8 Å². The Bertz CT molecular complexity index is 719. The minimum absolute atomic E-state index is 0.213. The summed E-state index contributed by atoms with van der Waals surface area (Å²) in [5.74, 6) is -3.24. The van der Waals surface area contributed by atoms with E-state index in [9.17, 15) is 18.4 Å². The molecule has 32 heavy (non-hydrogen) atoms. The maximum atomic E-state index is 14.1. The van der Waals surface area contributed by atoms with E-state index in [4.69, 9.17) is 4.74 Å². The summed E-state index contributed by atoms with van der Waals surface area (Å²) in [4.78, 5) is 30.1. The van der Waals surface area contributed by atoms with Gasteiger partial charge in [0.1, 0.15) is 23.2 Å². The summed E-state index contributed by atoms with van der Waals surface area (Å²) < 4.78 is 33.5. The molecule has 0 aliphatic carbocycles. The van der Waals surface area contributed by atoms with Gasteiger partial charge in [-0.3, -0.25) is 14.5 Å². The van der Waals surface area contributed by atoms with Crippen LogP contribution in [0.2, 0.25) is 0 Å². The van der Waals surface area contributed by atoms with Crippen LogP contribution in [0.25, 0.3) is 0 Å². The topological polar surface area (TPSA) is 61.9 Å². The lowest BCUT2D eigenvalue weighted by Gasteiger charge is -2.33. The molecule has 1 aliphatic rings. The van der Waals surface area contributed by atoms with Crippen LogP contribution in [0.1, 0.15) is 56.8 Å². The van der Waals surface area contributed by atoms with Crippen molar-refractivity contribution in [2.45, 2.75) is 52.5 Å². The number of hydrogen-bond donors (Lipinski definition) is 1. The van der Waals surface area contributed by atoms with Crippen LogP contribution in [0.5, 0.6) is 0 Å².